The third-order valence-corrected chi connectivity index (χ3v) is 1.73. The Morgan fingerprint density at radius 3 is 1.41 bits per heavy atom. The lowest BCUT2D eigenvalue weighted by atomic mass is 10.2. The van der Waals surface area contributed by atoms with Crippen molar-refractivity contribution in [3.8, 4) is 0 Å². The summed E-state index contributed by atoms with van der Waals surface area (Å²) >= 11 is 0. The summed E-state index contributed by atoms with van der Waals surface area (Å²) in [4.78, 5) is 2.07. The van der Waals surface area contributed by atoms with Crippen molar-refractivity contribution in [1.29, 1.82) is 0 Å². The van der Waals surface area contributed by atoms with Crippen LogP contribution in [0.25, 0.3) is 0 Å². The first kappa shape index (κ1) is 22.0. The highest BCUT2D eigenvalue weighted by Gasteiger charge is 2.06. The third-order valence-electron chi connectivity index (χ3n) is 1.73. The minimum Gasteiger partial charge on any atom is -0.396 e. The van der Waals surface area contributed by atoms with Gasteiger partial charge in [0.2, 0.25) is 0 Å². The van der Waals surface area contributed by atoms with Crippen LogP contribution in [0.3, 0.4) is 0 Å². The minimum absolute atomic E-state index is 0.290. The molecule has 5 nitrogen and oxygen atoms in total. The molecule has 0 bridgehead atoms. The van der Waals surface area contributed by atoms with Gasteiger partial charge in [-0.05, 0) is 26.9 Å². The summed E-state index contributed by atoms with van der Waals surface area (Å²) in [6, 6.07) is 0. The van der Waals surface area contributed by atoms with E-state index in [1.54, 1.807) is 0 Å². The zero-order valence-corrected chi connectivity index (χ0v) is 12.1. The van der Waals surface area contributed by atoms with Crippen molar-refractivity contribution in [3.63, 3.8) is 0 Å². The Balaban J connectivity index is -0.000000202. The molecule has 0 rings (SSSR count). The molecule has 4 N–H and O–H groups in total. The van der Waals surface area contributed by atoms with Gasteiger partial charge in [0.1, 0.15) is 6.10 Å². The molecule has 0 radical (unpaired) electrons. The molecule has 0 saturated carbocycles. The van der Waals surface area contributed by atoms with E-state index >= 15 is 0 Å². The van der Waals surface area contributed by atoms with Gasteiger partial charge in [-0.2, -0.15) is 0 Å². The molecule has 5 heteroatoms. The fraction of sp³-hybridized carbons (Fsp3) is 1.00. The maximum atomic E-state index is 8.56. The van der Waals surface area contributed by atoms with E-state index in [1.165, 1.54) is 6.92 Å². The molecule has 3 atom stereocenters. The van der Waals surface area contributed by atoms with E-state index in [2.05, 4.69) is 4.90 Å². The Bertz CT molecular complexity index is 132. The van der Waals surface area contributed by atoms with Gasteiger partial charge >= 0.3 is 0 Å². The highest BCUT2D eigenvalue weighted by molar-refractivity contribution is 4.57. The van der Waals surface area contributed by atoms with Crippen LogP contribution in [0.15, 0.2) is 0 Å². The van der Waals surface area contributed by atoms with Crippen LogP contribution in [-0.2, 0) is 0 Å². The van der Waals surface area contributed by atoms with E-state index in [0.717, 1.165) is 6.54 Å². The predicted molar refractivity (Wildman–Crippen MR) is 70.9 cm³/mol. The molecular formula is C12H31NO4. The van der Waals surface area contributed by atoms with Crippen molar-refractivity contribution in [2.45, 2.75) is 39.9 Å². The molecule has 0 aromatic carbocycles. The first-order valence-corrected chi connectivity index (χ1v) is 6.07. The Morgan fingerprint density at radius 1 is 0.941 bits per heavy atom. The molecule has 3 unspecified atom stereocenters. The van der Waals surface area contributed by atoms with E-state index in [1.807, 2.05) is 34.9 Å². The summed E-state index contributed by atoms with van der Waals surface area (Å²) in [5.74, 6) is 0.407. The van der Waals surface area contributed by atoms with Gasteiger partial charge in [-0.1, -0.05) is 20.8 Å². The maximum absolute atomic E-state index is 8.56. The molecule has 0 fully saturated rings. The van der Waals surface area contributed by atoms with Crippen LogP contribution in [0, 0.1) is 5.92 Å². The summed E-state index contributed by atoms with van der Waals surface area (Å²) in [5, 5.41) is 33.5. The van der Waals surface area contributed by atoms with Crippen LogP contribution in [-0.4, -0.2) is 71.4 Å². The number of aliphatic hydroxyl groups excluding tert-OH is 4. The molecule has 0 aliphatic carbocycles. The molecule has 0 spiro atoms. The average molecular weight is 253 g/mol. The molecule has 0 aliphatic heterocycles. The molecule has 0 amide bonds. The molecule has 0 heterocycles. The minimum atomic E-state index is -0.986. The van der Waals surface area contributed by atoms with Gasteiger partial charge in [0.05, 0.1) is 12.7 Å². The summed E-state index contributed by atoms with van der Waals surface area (Å²) in [7, 11) is 4.01. The van der Waals surface area contributed by atoms with Crippen molar-refractivity contribution >= 4 is 0 Å². The first-order valence-electron chi connectivity index (χ1n) is 6.07. The molecule has 0 aromatic rings. The zero-order chi connectivity index (χ0) is 14.4. The van der Waals surface area contributed by atoms with Crippen LogP contribution in [0.1, 0.15) is 27.7 Å². The Hall–Kier alpha value is -0.200. The smallest absolute Gasteiger partial charge is 0.103 e. The zero-order valence-electron chi connectivity index (χ0n) is 12.1. The summed E-state index contributed by atoms with van der Waals surface area (Å²) in [5.41, 5.74) is 0. The van der Waals surface area contributed by atoms with E-state index in [0.29, 0.717) is 5.92 Å². The quantitative estimate of drug-likeness (QED) is 0.551. The Kier molecular flexibility index (Phi) is 20.5. The van der Waals surface area contributed by atoms with Crippen LogP contribution in [0.4, 0.5) is 0 Å². The molecule has 0 aliphatic rings. The van der Waals surface area contributed by atoms with Gasteiger partial charge in [0, 0.05) is 13.2 Å². The van der Waals surface area contributed by atoms with Crippen molar-refractivity contribution in [1.82, 2.24) is 4.90 Å². The third kappa shape index (κ3) is 21.6. The number of hydrogen-bond acceptors (Lipinski definition) is 5. The van der Waals surface area contributed by atoms with Gasteiger partial charge in [0.25, 0.3) is 0 Å². The van der Waals surface area contributed by atoms with Crippen LogP contribution >= 0.6 is 0 Å². The summed E-state index contributed by atoms with van der Waals surface area (Å²) in [6.45, 7) is 8.33. The second-order valence-corrected chi connectivity index (χ2v) is 4.04. The average Bonchev–Trinajstić information content (AvgIpc) is 2.30. The Labute approximate surface area is 106 Å². The second kappa shape index (κ2) is 15.8. The van der Waals surface area contributed by atoms with E-state index < -0.39 is 12.2 Å². The van der Waals surface area contributed by atoms with E-state index in [9.17, 15) is 0 Å². The molecule has 0 aromatic heterocycles. The fourth-order valence-electron chi connectivity index (χ4n) is 0.834. The standard InChI is InChI=1S/C6H15NO.C4H10O3.C2H6/c1-6(5-8)4-7(2)3;1-3(6)4(7)2-5;1-2/h6,8H,4-5H2,1-3H3;3-7H,2H2,1H3;1-2H3. The van der Waals surface area contributed by atoms with E-state index in [-0.39, 0.29) is 13.2 Å². The number of rotatable bonds is 5. The van der Waals surface area contributed by atoms with Crippen LogP contribution in [0.2, 0.25) is 0 Å². The second-order valence-electron chi connectivity index (χ2n) is 4.04. The van der Waals surface area contributed by atoms with Crippen LogP contribution in [0.5, 0.6) is 0 Å². The van der Waals surface area contributed by atoms with E-state index in [4.69, 9.17) is 20.4 Å². The summed E-state index contributed by atoms with van der Waals surface area (Å²) < 4.78 is 0. The van der Waals surface area contributed by atoms with Gasteiger partial charge < -0.3 is 25.3 Å². The van der Waals surface area contributed by atoms with Gasteiger partial charge in [-0.15, -0.1) is 0 Å². The molecule has 17 heavy (non-hydrogen) atoms. The molecule has 108 valence electrons. The highest BCUT2D eigenvalue weighted by atomic mass is 16.4. The highest BCUT2D eigenvalue weighted by Crippen LogP contribution is 1.92. The largest absolute Gasteiger partial charge is 0.396 e. The van der Waals surface area contributed by atoms with Gasteiger partial charge in [-0.3, -0.25) is 0 Å². The van der Waals surface area contributed by atoms with Crippen molar-refractivity contribution in [2.75, 3.05) is 33.9 Å². The maximum Gasteiger partial charge on any atom is 0.103 e. The predicted octanol–water partition coefficient (Wildman–Crippen LogP) is -0.0770. The number of nitrogens with zero attached hydrogens (tertiary/aromatic N) is 1. The topological polar surface area (TPSA) is 84.2 Å². The van der Waals surface area contributed by atoms with Crippen molar-refractivity contribution in [2.24, 2.45) is 5.92 Å². The van der Waals surface area contributed by atoms with Gasteiger partial charge in [0.15, 0.2) is 0 Å². The lowest BCUT2D eigenvalue weighted by molar-refractivity contribution is -0.00425. The van der Waals surface area contributed by atoms with Crippen molar-refractivity contribution in [3.05, 3.63) is 0 Å². The number of hydrogen-bond donors (Lipinski definition) is 4. The molecule has 0 saturated heterocycles. The lowest BCUT2D eigenvalue weighted by Gasteiger charge is -2.13. The molecular weight excluding hydrogens is 222 g/mol. The van der Waals surface area contributed by atoms with Crippen LogP contribution < -0.4 is 0 Å². The SMILES string of the molecule is CC.CC(CO)CN(C)C.CC(O)C(O)CO. The number of aliphatic hydroxyl groups is 4. The lowest BCUT2D eigenvalue weighted by Crippen LogP contribution is -2.25. The Morgan fingerprint density at radius 2 is 1.35 bits per heavy atom. The normalized spacial score (nSPS) is 15.0. The van der Waals surface area contributed by atoms with Gasteiger partial charge in [-0.25, -0.2) is 0 Å². The van der Waals surface area contributed by atoms with Crippen molar-refractivity contribution < 1.29 is 20.4 Å². The summed E-state index contributed by atoms with van der Waals surface area (Å²) in [6.07, 6.45) is -1.81. The first-order chi connectivity index (χ1) is 7.84. The fourth-order valence-corrected chi connectivity index (χ4v) is 0.834. The monoisotopic (exact) mass is 253 g/mol.